The zero-order valence-corrected chi connectivity index (χ0v) is 9.77. The van der Waals surface area contributed by atoms with E-state index in [1.54, 1.807) is 0 Å². The van der Waals surface area contributed by atoms with Gasteiger partial charge in [0.25, 0.3) is 0 Å². The van der Waals surface area contributed by atoms with Crippen LogP contribution in [0.15, 0.2) is 10.8 Å². The fraction of sp³-hybridized carbons (Fsp3) is 0.700. The third-order valence-corrected chi connectivity index (χ3v) is 3.42. The van der Waals surface area contributed by atoms with E-state index in [1.807, 2.05) is 0 Å². The first-order valence-electron chi connectivity index (χ1n) is 4.98. The Morgan fingerprint density at radius 2 is 2.13 bits per heavy atom. The van der Waals surface area contributed by atoms with E-state index in [9.17, 15) is 8.78 Å². The third kappa shape index (κ3) is 2.38. The van der Waals surface area contributed by atoms with Gasteiger partial charge in [0.05, 0.1) is 5.69 Å². The summed E-state index contributed by atoms with van der Waals surface area (Å²) in [6, 6.07) is 0. The summed E-state index contributed by atoms with van der Waals surface area (Å²) in [7, 11) is 0. The zero-order valence-electron chi connectivity index (χ0n) is 8.18. The van der Waals surface area contributed by atoms with Crippen LogP contribution >= 0.6 is 15.9 Å². The lowest BCUT2D eigenvalue weighted by Crippen LogP contribution is -2.23. The smallest absolute Gasteiger partial charge is 0.248 e. The van der Waals surface area contributed by atoms with Crippen molar-refractivity contribution in [3.63, 3.8) is 0 Å². The lowest BCUT2D eigenvalue weighted by molar-refractivity contribution is -0.0395. The van der Waals surface area contributed by atoms with Crippen LogP contribution in [0.25, 0.3) is 0 Å². The van der Waals surface area contributed by atoms with Gasteiger partial charge in [0, 0.05) is 24.1 Å². The molecule has 2 nitrogen and oxygen atoms in total. The van der Waals surface area contributed by atoms with Crippen molar-refractivity contribution in [2.24, 2.45) is 0 Å². The second-order valence-corrected chi connectivity index (χ2v) is 4.49. The molecule has 5 heteroatoms. The third-order valence-electron chi connectivity index (χ3n) is 2.89. The number of rotatable bonds is 2. The predicted octanol–water partition coefficient (Wildman–Crippen LogP) is 3.86. The van der Waals surface area contributed by atoms with Gasteiger partial charge in [-0.1, -0.05) is 15.9 Å². The lowest BCUT2D eigenvalue weighted by atomic mass is 9.85. The van der Waals surface area contributed by atoms with Crippen molar-refractivity contribution in [2.45, 2.75) is 42.9 Å². The summed E-state index contributed by atoms with van der Waals surface area (Å²) in [5.74, 6) is -1.59. The molecule has 84 valence electrons. The van der Waals surface area contributed by atoms with Gasteiger partial charge in [-0.2, -0.15) is 0 Å². The molecule has 0 unspecified atom stereocenters. The summed E-state index contributed by atoms with van der Waals surface area (Å²) in [6.07, 6.45) is 2.28. The van der Waals surface area contributed by atoms with E-state index < -0.39 is 5.92 Å². The summed E-state index contributed by atoms with van der Waals surface area (Å²) in [6.45, 7) is 0. The Morgan fingerprint density at radius 1 is 1.47 bits per heavy atom. The minimum absolute atomic E-state index is 0.0416. The largest absolute Gasteiger partial charge is 0.448 e. The molecule has 0 atom stereocenters. The van der Waals surface area contributed by atoms with Gasteiger partial charge in [0.15, 0.2) is 6.39 Å². The second-order valence-electron chi connectivity index (χ2n) is 3.93. The van der Waals surface area contributed by atoms with Crippen LogP contribution in [0.3, 0.4) is 0 Å². The van der Waals surface area contributed by atoms with E-state index in [-0.39, 0.29) is 18.8 Å². The molecule has 2 rings (SSSR count). The van der Waals surface area contributed by atoms with Gasteiger partial charge in [-0.05, 0) is 12.8 Å². The highest BCUT2D eigenvalue weighted by Crippen LogP contribution is 2.41. The molecule has 0 bridgehead atoms. The highest BCUT2D eigenvalue weighted by atomic mass is 79.9. The molecule has 0 radical (unpaired) electrons. The molecule has 0 amide bonds. The van der Waals surface area contributed by atoms with Crippen LogP contribution in [0.4, 0.5) is 8.78 Å². The van der Waals surface area contributed by atoms with Gasteiger partial charge in [0.1, 0.15) is 5.76 Å². The number of hydrogen-bond acceptors (Lipinski definition) is 2. The zero-order chi connectivity index (χ0) is 10.9. The Bertz CT molecular complexity index is 330. The van der Waals surface area contributed by atoms with Crippen molar-refractivity contribution in [1.82, 2.24) is 4.98 Å². The molecule has 15 heavy (non-hydrogen) atoms. The number of alkyl halides is 3. The number of aromatic nitrogens is 1. The summed E-state index contributed by atoms with van der Waals surface area (Å²) < 4.78 is 31.2. The number of hydrogen-bond donors (Lipinski definition) is 0. The van der Waals surface area contributed by atoms with Crippen LogP contribution in [0.5, 0.6) is 0 Å². The van der Waals surface area contributed by atoms with E-state index in [0.29, 0.717) is 18.2 Å². The van der Waals surface area contributed by atoms with Crippen LogP contribution in [-0.2, 0) is 5.33 Å². The number of oxazole rings is 1. The lowest BCUT2D eigenvalue weighted by Gasteiger charge is -2.27. The molecule has 0 saturated heterocycles. The maximum atomic E-state index is 12.9. The Hall–Kier alpha value is -0.450. The number of halogens is 3. The minimum atomic E-state index is -2.48. The maximum absolute atomic E-state index is 12.9. The first-order valence-corrected chi connectivity index (χ1v) is 6.10. The van der Waals surface area contributed by atoms with Crippen molar-refractivity contribution in [3.05, 3.63) is 17.8 Å². The van der Waals surface area contributed by atoms with Crippen LogP contribution in [0.2, 0.25) is 0 Å². The fourth-order valence-electron chi connectivity index (χ4n) is 2.01. The molecule has 1 heterocycles. The van der Waals surface area contributed by atoms with Crippen LogP contribution in [0.1, 0.15) is 43.1 Å². The maximum Gasteiger partial charge on any atom is 0.248 e. The van der Waals surface area contributed by atoms with Crippen LogP contribution < -0.4 is 0 Å². The molecule has 0 N–H and O–H groups in total. The highest BCUT2D eigenvalue weighted by molar-refractivity contribution is 9.08. The monoisotopic (exact) mass is 279 g/mol. The van der Waals surface area contributed by atoms with Crippen molar-refractivity contribution in [3.8, 4) is 0 Å². The summed E-state index contributed by atoms with van der Waals surface area (Å²) in [4.78, 5) is 4.05. The van der Waals surface area contributed by atoms with Crippen molar-refractivity contribution < 1.29 is 13.2 Å². The van der Waals surface area contributed by atoms with E-state index in [4.69, 9.17) is 4.42 Å². The molecule has 1 aliphatic carbocycles. The quantitative estimate of drug-likeness (QED) is 0.769. The Labute approximate surface area is 95.2 Å². The average molecular weight is 280 g/mol. The number of nitrogens with zero attached hydrogens (tertiary/aromatic N) is 1. The molecule has 0 aliphatic heterocycles. The molecule has 0 aromatic carbocycles. The topological polar surface area (TPSA) is 26.0 Å². The Morgan fingerprint density at radius 3 is 2.73 bits per heavy atom. The molecule has 1 aliphatic rings. The average Bonchev–Trinajstić information content (AvgIpc) is 2.65. The molecule has 1 aromatic rings. The Balaban J connectivity index is 2.07. The van der Waals surface area contributed by atoms with Gasteiger partial charge in [-0.15, -0.1) is 0 Å². The van der Waals surface area contributed by atoms with E-state index >= 15 is 0 Å². The summed E-state index contributed by atoms with van der Waals surface area (Å²) in [5, 5.41) is 0.617. The molecule has 1 aromatic heterocycles. The van der Waals surface area contributed by atoms with Gasteiger partial charge < -0.3 is 4.42 Å². The van der Waals surface area contributed by atoms with E-state index in [2.05, 4.69) is 20.9 Å². The summed E-state index contributed by atoms with van der Waals surface area (Å²) >= 11 is 3.31. The molecule has 1 fully saturated rings. The molecular weight excluding hydrogens is 268 g/mol. The van der Waals surface area contributed by atoms with E-state index in [0.717, 1.165) is 11.5 Å². The van der Waals surface area contributed by atoms with Gasteiger partial charge in [-0.25, -0.2) is 13.8 Å². The fourth-order valence-corrected chi connectivity index (χ4v) is 2.43. The van der Waals surface area contributed by atoms with Crippen LogP contribution in [0, 0.1) is 0 Å². The molecule has 0 spiro atoms. The minimum Gasteiger partial charge on any atom is -0.448 e. The van der Waals surface area contributed by atoms with Gasteiger partial charge >= 0.3 is 0 Å². The first kappa shape index (κ1) is 11.0. The van der Waals surface area contributed by atoms with Crippen LogP contribution in [-0.4, -0.2) is 10.9 Å². The molecular formula is C10H12BrF2NO. The standard InChI is InChI=1S/C10H12BrF2NO/c11-5-8-9(15-6-14-8)7-1-3-10(12,13)4-2-7/h6-7H,1-5H2. The normalized spacial score (nSPS) is 21.8. The second kappa shape index (κ2) is 4.20. The predicted molar refractivity (Wildman–Crippen MR) is 55.3 cm³/mol. The van der Waals surface area contributed by atoms with Gasteiger partial charge in [0.2, 0.25) is 5.92 Å². The highest BCUT2D eigenvalue weighted by Gasteiger charge is 2.37. The van der Waals surface area contributed by atoms with E-state index in [1.165, 1.54) is 6.39 Å². The van der Waals surface area contributed by atoms with Crippen molar-refractivity contribution >= 4 is 15.9 Å². The van der Waals surface area contributed by atoms with Gasteiger partial charge in [-0.3, -0.25) is 0 Å². The van der Waals surface area contributed by atoms with Crippen molar-refractivity contribution in [1.29, 1.82) is 0 Å². The summed E-state index contributed by atoms with van der Waals surface area (Å²) in [5.41, 5.74) is 0.838. The molecule has 1 saturated carbocycles. The SMILES string of the molecule is FC1(F)CCC(c2ocnc2CBr)CC1. The Kier molecular flexibility index (Phi) is 3.09. The first-order chi connectivity index (χ1) is 7.12. The van der Waals surface area contributed by atoms with Crippen molar-refractivity contribution in [2.75, 3.05) is 0 Å².